The van der Waals surface area contributed by atoms with Crippen LogP contribution in [-0.2, 0) is 17.8 Å². The van der Waals surface area contributed by atoms with Crippen molar-refractivity contribution in [2.24, 2.45) is 5.92 Å². The van der Waals surface area contributed by atoms with Crippen LogP contribution in [0.1, 0.15) is 44.5 Å². The van der Waals surface area contributed by atoms with E-state index in [9.17, 15) is 4.79 Å². The number of anilines is 1. The third kappa shape index (κ3) is 5.95. The molecule has 2 N–H and O–H groups in total. The summed E-state index contributed by atoms with van der Waals surface area (Å²) in [6, 6.07) is 13.1. The van der Waals surface area contributed by atoms with Gasteiger partial charge in [0.25, 0.3) is 0 Å². The van der Waals surface area contributed by atoms with E-state index in [2.05, 4.69) is 45.3 Å². The molecule has 1 aliphatic rings. The van der Waals surface area contributed by atoms with Crippen molar-refractivity contribution >= 4 is 11.6 Å². The first-order valence-corrected chi connectivity index (χ1v) is 11.3. The topological polar surface area (TPSA) is 83.1 Å². The average Bonchev–Trinajstić information content (AvgIpc) is 3.22. The number of piperidine rings is 1. The maximum Gasteiger partial charge on any atom is 0.241 e. The van der Waals surface area contributed by atoms with Gasteiger partial charge in [0.1, 0.15) is 11.5 Å². The van der Waals surface area contributed by atoms with Crippen LogP contribution in [0.15, 0.2) is 54.9 Å². The summed E-state index contributed by atoms with van der Waals surface area (Å²) in [4.78, 5) is 19.4. The molecule has 4 rings (SSSR count). The smallest absolute Gasteiger partial charge is 0.241 e. The van der Waals surface area contributed by atoms with E-state index in [0.29, 0.717) is 24.0 Å². The van der Waals surface area contributed by atoms with Gasteiger partial charge in [-0.3, -0.25) is 19.8 Å². The molecule has 3 heterocycles. The number of nitrogens with zero attached hydrogens (tertiary/aromatic N) is 3. The lowest BCUT2D eigenvalue weighted by Gasteiger charge is -2.34. The van der Waals surface area contributed by atoms with Gasteiger partial charge in [-0.2, -0.15) is 5.10 Å². The number of carbonyl (C=O) groups excluding carboxylic acids is 1. The standard InChI is InChI=1S/C25H31N5O2/c1-18(2)14-20-15-21(29-28-20)17-30-13-4-3-7-24(30)25(31)27-19-8-10-22(11-9-19)32-23-6-5-12-26-16-23/h5-6,8-12,15-16,18,24H,3-4,7,13-14,17H2,1-2H3,(H,27,31)(H,28,29). The number of aromatic amines is 1. The van der Waals surface area contributed by atoms with Gasteiger partial charge in [0.2, 0.25) is 5.91 Å². The van der Waals surface area contributed by atoms with Gasteiger partial charge in [0.15, 0.2) is 0 Å². The highest BCUT2D eigenvalue weighted by molar-refractivity contribution is 5.94. The van der Waals surface area contributed by atoms with E-state index < -0.39 is 0 Å². The maximum absolute atomic E-state index is 13.1. The molecule has 1 fully saturated rings. The zero-order valence-corrected chi connectivity index (χ0v) is 18.8. The van der Waals surface area contributed by atoms with E-state index in [-0.39, 0.29) is 11.9 Å². The van der Waals surface area contributed by atoms with Crippen molar-refractivity contribution in [1.29, 1.82) is 0 Å². The van der Waals surface area contributed by atoms with E-state index >= 15 is 0 Å². The predicted octanol–water partition coefficient (Wildman–Crippen LogP) is 4.79. The van der Waals surface area contributed by atoms with Gasteiger partial charge in [-0.15, -0.1) is 0 Å². The Morgan fingerprint density at radius 1 is 1.22 bits per heavy atom. The Labute approximate surface area is 189 Å². The number of amides is 1. The van der Waals surface area contributed by atoms with Crippen LogP contribution < -0.4 is 10.1 Å². The van der Waals surface area contributed by atoms with Gasteiger partial charge in [-0.25, -0.2) is 0 Å². The van der Waals surface area contributed by atoms with Crippen molar-refractivity contribution in [2.45, 2.75) is 52.1 Å². The van der Waals surface area contributed by atoms with Crippen LogP contribution in [0.3, 0.4) is 0 Å². The molecular formula is C25H31N5O2. The molecule has 0 spiro atoms. The second-order valence-electron chi connectivity index (χ2n) is 8.77. The molecule has 2 aromatic heterocycles. The molecule has 0 bridgehead atoms. The molecule has 1 aromatic carbocycles. The Kier molecular flexibility index (Phi) is 7.17. The van der Waals surface area contributed by atoms with E-state index in [0.717, 1.165) is 49.3 Å². The molecule has 168 valence electrons. The Morgan fingerprint density at radius 3 is 2.81 bits per heavy atom. The van der Waals surface area contributed by atoms with Crippen molar-refractivity contribution in [1.82, 2.24) is 20.1 Å². The summed E-state index contributed by atoms with van der Waals surface area (Å²) in [5.41, 5.74) is 2.92. The lowest BCUT2D eigenvalue weighted by molar-refractivity contribution is -0.122. The maximum atomic E-state index is 13.1. The highest BCUT2D eigenvalue weighted by Crippen LogP contribution is 2.24. The highest BCUT2D eigenvalue weighted by atomic mass is 16.5. The Morgan fingerprint density at radius 2 is 2.06 bits per heavy atom. The number of aromatic nitrogens is 3. The molecule has 7 nitrogen and oxygen atoms in total. The predicted molar refractivity (Wildman–Crippen MR) is 125 cm³/mol. The number of nitrogens with one attached hydrogen (secondary N) is 2. The first-order valence-electron chi connectivity index (χ1n) is 11.3. The highest BCUT2D eigenvalue weighted by Gasteiger charge is 2.29. The fourth-order valence-electron chi connectivity index (χ4n) is 4.08. The summed E-state index contributed by atoms with van der Waals surface area (Å²) in [5.74, 6) is 1.98. The summed E-state index contributed by atoms with van der Waals surface area (Å²) < 4.78 is 5.77. The van der Waals surface area contributed by atoms with Crippen LogP contribution in [0.4, 0.5) is 5.69 Å². The summed E-state index contributed by atoms with van der Waals surface area (Å²) in [6.45, 7) is 6.00. The first-order chi connectivity index (χ1) is 15.6. The number of benzene rings is 1. The van der Waals surface area contributed by atoms with Crippen molar-refractivity contribution in [3.05, 3.63) is 66.2 Å². The van der Waals surface area contributed by atoms with Gasteiger partial charge < -0.3 is 10.1 Å². The number of rotatable bonds is 8. The van der Waals surface area contributed by atoms with Crippen LogP contribution in [-0.4, -0.2) is 38.6 Å². The van der Waals surface area contributed by atoms with Crippen molar-refractivity contribution in [3.63, 3.8) is 0 Å². The summed E-state index contributed by atoms with van der Waals surface area (Å²) in [6.07, 6.45) is 7.36. The molecule has 1 amide bonds. The van der Waals surface area contributed by atoms with Crippen LogP contribution in [0.2, 0.25) is 0 Å². The Balaban J connectivity index is 1.36. The molecule has 3 aromatic rings. The monoisotopic (exact) mass is 433 g/mol. The van der Waals surface area contributed by atoms with E-state index in [1.165, 1.54) is 0 Å². The van der Waals surface area contributed by atoms with Crippen molar-refractivity contribution < 1.29 is 9.53 Å². The van der Waals surface area contributed by atoms with E-state index in [1.807, 2.05) is 36.4 Å². The quantitative estimate of drug-likeness (QED) is 0.534. The first kappa shape index (κ1) is 22.0. The summed E-state index contributed by atoms with van der Waals surface area (Å²) in [5, 5.41) is 10.7. The molecule has 0 radical (unpaired) electrons. The number of hydrogen-bond donors (Lipinski definition) is 2. The molecule has 32 heavy (non-hydrogen) atoms. The SMILES string of the molecule is CC(C)Cc1cc(CN2CCCCC2C(=O)Nc2ccc(Oc3cccnc3)cc2)[nH]n1. The average molecular weight is 434 g/mol. The molecule has 0 aliphatic carbocycles. The number of pyridine rings is 1. The molecular weight excluding hydrogens is 402 g/mol. The summed E-state index contributed by atoms with van der Waals surface area (Å²) in [7, 11) is 0. The normalized spacial score (nSPS) is 16.8. The molecule has 1 saturated heterocycles. The van der Waals surface area contributed by atoms with Crippen LogP contribution >= 0.6 is 0 Å². The third-order valence-electron chi connectivity index (χ3n) is 5.58. The number of ether oxygens (including phenoxy) is 1. The second-order valence-corrected chi connectivity index (χ2v) is 8.77. The van der Waals surface area contributed by atoms with Crippen LogP contribution in [0, 0.1) is 5.92 Å². The zero-order chi connectivity index (χ0) is 22.3. The molecule has 1 unspecified atom stereocenters. The number of carbonyl (C=O) groups is 1. The minimum atomic E-state index is -0.146. The largest absolute Gasteiger partial charge is 0.456 e. The lowest BCUT2D eigenvalue weighted by Crippen LogP contribution is -2.46. The number of H-pyrrole nitrogens is 1. The Hall–Kier alpha value is -3.19. The molecule has 1 atom stereocenters. The third-order valence-corrected chi connectivity index (χ3v) is 5.58. The lowest BCUT2D eigenvalue weighted by atomic mass is 10.0. The van der Waals surface area contributed by atoms with E-state index in [4.69, 9.17) is 4.74 Å². The fourth-order valence-corrected chi connectivity index (χ4v) is 4.08. The number of likely N-dealkylation sites (tertiary alicyclic amines) is 1. The Bertz CT molecular complexity index is 1000. The van der Waals surface area contributed by atoms with Gasteiger partial charge in [-0.05, 0) is 74.2 Å². The second kappa shape index (κ2) is 10.4. The summed E-state index contributed by atoms with van der Waals surface area (Å²) >= 11 is 0. The van der Waals surface area contributed by atoms with Crippen LogP contribution in [0.5, 0.6) is 11.5 Å². The van der Waals surface area contributed by atoms with Gasteiger partial charge in [-0.1, -0.05) is 20.3 Å². The minimum absolute atomic E-state index is 0.0348. The van der Waals surface area contributed by atoms with Gasteiger partial charge >= 0.3 is 0 Å². The van der Waals surface area contributed by atoms with Crippen molar-refractivity contribution in [2.75, 3.05) is 11.9 Å². The van der Waals surface area contributed by atoms with Crippen LogP contribution in [0.25, 0.3) is 0 Å². The van der Waals surface area contributed by atoms with Gasteiger partial charge in [0, 0.05) is 24.1 Å². The molecule has 1 aliphatic heterocycles. The van der Waals surface area contributed by atoms with Gasteiger partial charge in [0.05, 0.1) is 17.9 Å². The molecule has 0 saturated carbocycles. The van der Waals surface area contributed by atoms with E-state index in [1.54, 1.807) is 12.4 Å². The number of hydrogen-bond acceptors (Lipinski definition) is 5. The zero-order valence-electron chi connectivity index (χ0n) is 18.8. The molecule has 7 heteroatoms. The fraction of sp³-hybridized carbons (Fsp3) is 0.400. The minimum Gasteiger partial charge on any atom is -0.456 e. The van der Waals surface area contributed by atoms with Crippen molar-refractivity contribution in [3.8, 4) is 11.5 Å².